The van der Waals surface area contributed by atoms with Gasteiger partial charge in [-0.05, 0) is 43.6 Å². The second-order valence-corrected chi connectivity index (χ2v) is 6.11. The van der Waals surface area contributed by atoms with Gasteiger partial charge in [-0.3, -0.25) is 4.90 Å². The van der Waals surface area contributed by atoms with Gasteiger partial charge < -0.3 is 5.32 Å². The van der Waals surface area contributed by atoms with Crippen LogP contribution >= 0.6 is 27.5 Å². The molecule has 1 aliphatic heterocycles. The average molecular weight is 332 g/mol. The fourth-order valence-corrected chi connectivity index (χ4v) is 3.32. The fraction of sp³-hybridized carbons (Fsp3) is 0.571. The van der Waals surface area contributed by atoms with E-state index >= 15 is 0 Å². The lowest BCUT2D eigenvalue weighted by atomic mass is 10.2. The third kappa shape index (κ3) is 3.70. The quantitative estimate of drug-likeness (QED) is 0.885. The van der Waals surface area contributed by atoms with E-state index < -0.39 is 0 Å². The van der Waals surface area contributed by atoms with E-state index in [0.717, 1.165) is 29.1 Å². The number of likely N-dealkylation sites (N-methyl/N-ethyl adjacent to an activating group) is 1. The molecule has 0 saturated carbocycles. The van der Waals surface area contributed by atoms with Crippen LogP contribution in [0.4, 0.5) is 0 Å². The van der Waals surface area contributed by atoms with E-state index in [1.165, 1.54) is 24.9 Å². The number of likely N-dealkylation sites (tertiary alicyclic amines) is 1. The van der Waals surface area contributed by atoms with Crippen molar-refractivity contribution in [2.45, 2.75) is 32.4 Å². The highest BCUT2D eigenvalue weighted by Crippen LogP contribution is 2.21. The number of benzene rings is 1. The van der Waals surface area contributed by atoms with Gasteiger partial charge in [-0.25, -0.2) is 0 Å². The molecule has 100 valence electrons. The van der Waals surface area contributed by atoms with E-state index in [-0.39, 0.29) is 0 Å². The molecule has 4 heteroatoms. The van der Waals surface area contributed by atoms with Crippen LogP contribution in [0.1, 0.15) is 25.3 Å². The van der Waals surface area contributed by atoms with Gasteiger partial charge in [-0.1, -0.05) is 40.5 Å². The van der Waals surface area contributed by atoms with Crippen LogP contribution in [0.15, 0.2) is 22.7 Å². The van der Waals surface area contributed by atoms with Crippen molar-refractivity contribution in [1.29, 1.82) is 0 Å². The number of nitrogens with zero attached hydrogens (tertiary/aromatic N) is 1. The molecule has 1 N–H and O–H groups in total. The second kappa shape index (κ2) is 6.90. The zero-order valence-corrected chi connectivity index (χ0v) is 13.1. The first-order valence-corrected chi connectivity index (χ1v) is 7.76. The third-order valence-electron chi connectivity index (χ3n) is 3.62. The predicted octanol–water partition coefficient (Wildman–Crippen LogP) is 3.68. The largest absolute Gasteiger partial charge is 0.311 e. The summed E-state index contributed by atoms with van der Waals surface area (Å²) in [6.45, 7) is 6.55. The van der Waals surface area contributed by atoms with Crippen LogP contribution in [-0.2, 0) is 6.54 Å². The third-order valence-corrected chi connectivity index (χ3v) is 4.46. The van der Waals surface area contributed by atoms with Gasteiger partial charge in [-0.2, -0.15) is 0 Å². The number of nitrogens with one attached hydrogen (secondary N) is 1. The Morgan fingerprint density at radius 1 is 1.50 bits per heavy atom. The first-order valence-electron chi connectivity index (χ1n) is 6.59. The van der Waals surface area contributed by atoms with E-state index in [2.05, 4.69) is 39.1 Å². The van der Waals surface area contributed by atoms with E-state index in [0.29, 0.717) is 6.04 Å². The van der Waals surface area contributed by atoms with Crippen LogP contribution in [0.3, 0.4) is 0 Å². The number of hydrogen-bond donors (Lipinski definition) is 1. The molecular formula is C14H20BrClN2. The Bertz CT molecular complexity index is 397. The molecule has 0 radical (unpaired) electrons. The van der Waals surface area contributed by atoms with Gasteiger partial charge in [0.25, 0.3) is 0 Å². The predicted molar refractivity (Wildman–Crippen MR) is 81.1 cm³/mol. The minimum absolute atomic E-state index is 0.698. The lowest BCUT2D eigenvalue weighted by Gasteiger charge is -2.23. The molecule has 0 aliphatic carbocycles. The first-order chi connectivity index (χ1) is 8.70. The lowest BCUT2D eigenvalue weighted by molar-refractivity contribution is 0.260. The molecule has 2 nitrogen and oxygen atoms in total. The molecule has 0 aromatic heterocycles. The van der Waals surface area contributed by atoms with Crippen LogP contribution in [0.5, 0.6) is 0 Å². The molecule has 1 aromatic carbocycles. The maximum Gasteiger partial charge on any atom is 0.0462 e. The Morgan fingerprint density at radius 2 is 2.33 bits per heavy atom. The van der Waals surface area contributed by atoms with Gasteiger partial charge in [0, 0.05) is 28.6 Å². The summed E-state index contributed by atoms with van der Waals surface area (Å²) in [6.07, 6.45) is 2.65. The summed E-state index contributed by atoms with van der Waals surface area (Å²) in [5, 5.41) is 4.36. The normalized spacial score (nSPS) is 20.5. The Morgan fingerprint density at radius 3 is 3.06 bits per heavy atom. The molecule has 1 unspecified atom stereocenters. The van der Waals surface area contributed by atoms with E-state index in [4.69, 9.17) is 11.6 Å². The molecule has 2 rings (SSSR count). The Hall–Kier alpha value is -0.0900. The van der Waals surface area contributed by atoms with Crippen molar-refractivity contribution < 1.29 is 0 Å². The average Bonchev–Trinajstić information content (AvgIpc) is 2.79. The zero-order chi connectivity index (χ0) is 13.0. The Balaban J connectivity index is 1.81. The van der Waals surface area contributed by atoms with Crippen molar-refractivity contribution in [3.05, 3.63) is 33.3 Å². The summed E-state index contributed by atoms with van der Waals surface area (Å²) in [4.78, 5) is 2.55. The highest BCUT2D eigenvalue weighted by Gasteiger charge is 2.22. The minimum Gasteiger partial charge on any atom is -0.311 e. The topological polar surface area (TPSA) is 15.3 Å². The molecule has 1 aliphatic rings. The van der Waals surface area contributed by atoms with Crippen LogP contribution in [0.25, 0.3) is 0 Å². The molecule has 18 heavy (non-hydrogen) atoms. The monoisotopic (exact) mass is 330 g/mol. The Labute approximate surface area is 123 Å². The first kappa shape index (κ1) is 14.3. The number of rotatable bonds is 5. The SMILES string of the molecule is CCN1CCCC1CNCc1ccc(Br)cc1Cl. The van der Waals surface area contributed by atoms with Crippen molar-refractivity contribution in [3.8, 4) is 0 Å². The number of halogens is 2. The molecule has 0 bridgehead atoms. The van der Waals surface area contributed by atoms with Gasteiger partial charge in [0.15, 0.2) is 0 Å². The summed E-state index contributed by atoms with van der Waals surface area (Å²) in [7, 11) is 0. The van der Waals surface area contributed by atoms with E-state index in [9.17, 15) is 0 Å². The lowest BCUT2D eigenvalue weighted by Crippen LogP contribution is -2.37. The molecule has 0 spiro atoms. The van der Waals surface area contributed by atoms with Crippen molar-refractivity contribution in [1.82, 2.24) is 10.2 Å². The smallest absolute Gasteiger partial charge is 0.0462 e. The maximum atomic E-state index is 6.20. The van der Waals surface area contributed by atoms with Gasteiger partial charge in [-0.15, -0.1) is 0 Å². The highest BCUT2D eigenvalue weighted by atomic mass is 79.9. The summed E-state index contributed by atoms with van der Waals surface area (Å²) in [6, 6.07) is 6.76. The van der Waals surface area contributed by atoms with Crippen molar-refractivity contribution >= 4 is 27.5 Å². The fourth-order valence-electron chi connectivity index (χ4n) is 2.58. The Kier molecular flexibility index (Phi) is 5.49. The molecule has 1 aromatic rings. The van der Waals surface area contributed by atoms with Crippen LogP contribution < -0.4 is 5.32 Å². The van der Waals surface area contributed by atoms with Crippen LogP contribution in [0, 0.1) is 0 Å². The summed E-state index contributed by atoms with van der Waals surface area (Å²) in [5.41, 5.74) is 1.17. The van der Waals surface area contributed by atoms with Crippen molar-refractivity contribution in [3.63, 3.8) is 0 Å². The van der Waals surface area contributed by atoms with E-state index in [1.54, 1.807) is 0 Å². The van der Waals surface area contributed by atoms with Crippen LogP contribution in [-0.4, -0.2) is 30.6 Å². The van der Waals surface area contributed by atoms with Gasteiger partial charge in [0.1, 0.15) is 0 Å². The summed E-state index contributed by atoms with van der Waals surface area (Å²) < 4.78 is 1.03. The minimum atomic E-state index is 0.698. The molecule has 1 atom stereocenters. The molecule has 1 fully saturated rings. The van der Waals surface area contributed by atoms with E-state index in [1.807, 2.05) is 12.1 Å². The van der Waals surface area contributed by atoms with Gasteiger partial charge >= 0.3 is 0 Å². The molecule has 1 heterocycles. The van der Waals surface area contributed by atoms with Gasteiger partial charge in [0.2, 0.25) is 0 Å². The zero-order valence-electron chi connectivity index (χ0n) is 10.8. The van der Waals surface area contributed by atoms with Crippen molar-refractivity contribution in [2.24, 2.45) is 0 Å². The van der Waals surface area contributed by atoms with Crippen molar-refractivity contribution in [2.75, 3.05) is 19.6 Å². The summed E-state index contributed by atoms with van der Waals surface area (Å²) in [5.74, 6) is 0. The highest BCUT2D eigenvalue weighted by molar-refractivity contribution is 9.10. The summed E-state index contributed by atoms with van der Waals surface area (Å²) >= 11 is 9.62. The molecule has 0 amide bonds. The number of hydrogen-bond acceptors (Lipinski definition) is 2. The van der Waals surface area contributed by atoms with Crippen LogP contribution in [0.2, 0.25) is 5.02 Å². The molecule has 1 saturated heterocycles. The molecular weight excluding hydrogens is 312 g/mol. The maximum absolute atomic E-state index is 6.20. The second-order valence-electron chi connectivity index (χ2n) is 4.79. The van der Waals surface area contributed by atoms with Gasteiger partial charge in [0.05, 0.1) is 0 Å². The standard InChI is InChI=1S/C14H20BrClN2/c1-2-18-7-3-4-13(18)10-17-9-11-5-6-12(15)8-14(11)16/h5-6,8,13,17H,2-4,7,9-10H2,1H3.